The van der Waals surface area contributed by atoms with E-state index in [1.165, 1.54) is 23.1 Å². The lowest BCUT2D eigenvalue weighted by Gasteiger charge is -2.12. The quantitative estimate of drug-likeness (QED) is 0.549. The van der Waals surface area contributed by atoms with Crippen molar-refractivity contribution in [3.63, 3.8) is 0 Å². The fourth-order valence-electron chi connectivity index (χ4n) is 1.14. The summed E-state index contributed by atoms with van der Waals surface area (Å²) in [6, 6.07) is 0. The summed E-state index contributed by atoms with van der Waals surface area (Å²) in [5.41, 5.74) is 1.63. The minimum Gasteiger partial charge on any atom is -0.0956 e. The van der Waals surface area contributed by atoms with Crippen molar-refractivity contribution in [1.82, 2.24) is 0 Å². The van der Waals surface area contributed by atoms with Crippen LogP contribution in [0.2, 0.25) is 0 Å². The van der Waals surface area contributed by atoms with E-state index in [4.69, 9.17) is 0 Å². The lowest BCUT2D eigenvalue weighted by Crippen LogP contribution is -1.98. The lowest BCUT2D eigenvalue weighted by molar-refractivity contribution is 0.599. The Morgan fingerprint density at radius 2 is 1.90 bits per heavy atom. The molecule has 0 aliphatic rings. The molecule has 10 heavy (non-hydrogen) atoms. The van der Waals surface area contributed by atoms with E-state index in [0.717, 1.165) is 5.92 Å². The SMILES string of the molecule is CCCC(C)C(C)=C(C)[SiH3]. The minimum absolute atomic E-state index is 0.822. The van der Waals surface area contributed by atoms with Gasteiger partial charge in [0.1, 0.15) is 0 Å². The first-order valence-corrected chi connectivity index (χ1v) is 5.23. The molecule has 0 saturated carbocycles. The summed E-state index contributed by atoms with van der Waals surface area (Å²) in [5, 5.41) is 1.63. The molecular weight excluding hydrogens is 136 g/mol. The van der Waals surface area contributed by atoms with Crippen LogP contribution in [0.25, 0.3) is 0 Å². The smallest absolute Gasteiger partial charge is 0.0328 e. The molecule has 0 aliphatic heterocycles. The largest absolute Gasteiger partial charge is 0.0956 e. The number of hydrogen-bond donors (Lipinski definition) is 0. The highest BCUT2D eigenvalue weighted by atomic mass is 28.1. The van der Waals surface area contributed by atoms with Crippen LogP contribution in [0.15, 0.2) is 10.8 Å². The zero-order valence-electron chi connectivity index (χ0n) is 7.99. The minimum atomic E-state index is 0.822. The Kier molecular flexibility index (Phi) is 4.70. The van der Waals surface area contributed by atoms with Crippen LogP contribution in [-0.2, 0) is 0 Å². The Labute approximate surface area is 68.1 Å². The molecule has 0 radical (unpaired) electrons. The van der Waals surface area contributed by atoms with Crippen molar-refractivity contribution in [3.05, 3.63) is 10.8 Å². The average molecular weight is 156 g/mol. The predicted octanol–water partition coefficient (Wildman–Crippen LogP) is 2.08. The van der Waals surface area contributed by atoms with Gasteiger partial charge in [0.15, 0.2) is 0 Å². The third-order valence-corrected chi connectivity index (χ3v) is 3.04. The van der Waals surface area contributed by atoms with Crippen molar-refractivity contribution in [2.75, 3.05) is 0 Å². The Morgan fingerprint density at radius 1 is 1.40 bits per heavy atom. The van der Waals surface area contributed by atoms with E-state index in [-0.39, 0.29) is 0 Å². The third-order valence-electron chi connectivity index (χ3n) is 2.25. The normalized spacial score (nSPS) is 16.8. The van der Waals surface area contributed by atoms with Gasteiger partial charge in [0.05, 0.1) is 0 Å². The third kappa shape index (κ3) is 3.21. The summed E-state index contributed by atoms with van der Waals surface area (Å²) < 4.78 is 0. The number of hydrogen-bond acceptors (Lipinski definition) is 0. The van der Waals surface area contributed by atoms with Crippen molar-refractivity contribution in [2.24, 2.45) is 5.92 Å². The summed E-state index contributed by atoms with van der Waals surface area (Å²) in [7, 11) is 1.24. The molecule has 1 atom stereocenters. The highest BCUT2D eigenvalue weighted by Gasteiger charge is 2.02. The second-order valence-electron chi connectivity index (χ2n) is 3.37. The standard InChI is InChI=1S/C9H20Si/c1-5-6-7(2)8(3)9(4)10/h7H,5-6H2,1-4,10H3. The molecular formula is C9H20Si. The maximum atomic E-state index is 2.33. The van der Waals surface area contributed by atoms with E-state index >= 15 is 0 Å². The highest BCUT2D eigenvalue weighted by molar-refractivity contribution is 6.21. The van der Waals surface area contributed by atoms with Gasteiger partial charge < -0.3 is 0 Å². The Hall–Kier alpha value is -0.0431. The van der Waals surface area contributed by atoms with Gasteiger partial charge in [-0.15, -0.1) is 0 Å². The molecule has 0 aliphatic carbocycles. The van der Waals surface area contributed by atoms with Crippen LogP contribution in [0.4, 0.5) is 0 Å². The van der Waals surface area contributed by atoms with E-state index < -0.39 is 0 Å². The van der Waals surface area contributed by atoms with Gasteiger partial charge >= 0.3 is 0 Å². The van der Waals surface area contributed by atoms with Crippen LogP contribution in [0.1, 0.15) is 40.5 Å². The summed E-state index contributed by atoms with van der Waals surface area (Å²) in [6.07, 6.45) is 2.67. The molecule has 0 N–H and O–H groups in total. The Bertz CT molecular complexity index is 121. The van der Waals surface area contributed by atoms with Gasteiger partial charge in [-0.05, 0) is 26.2 Å². The zero-order chi connectivity index (χ0) is 8.15. The molecule has 0 spiro atoms. The molecule has 0 saturated heterocycles. The summed E-state index contributed by atoms with van der Waals surface area (Å²) >= 11 is 0. The molecule has 0 heterocycles. The maximum Gasteiger partial charge on any atom is 0.0328 e. The Balaban J connectivity index is 3.94. The van der Waals surface area contributed by atoms with Crippen molar-refractivity contribution >= 4 is 10.2 Å². The molecule has 1 heteroatoms. The maximum absolute atomic E-state index is 2.33. The first kappa shape index (κ1) is 9.96. The van der Waals surface area contributed by atoms with Crippen LogP contribution in [-0.4, -0.2) is 10.2 Å². The van der Waals surface area contributed by atoms with Gasteiger partial charge in [-0.3, -0.25) is 0 Å². The fraction of sp³-hybridized carbons (Fsp3) is 0.778. The molecule has 1 unspecified atom stereocenters. The summed E-state index contributed by atoms with van der Waals surface area (Å²) in [6.45, 7) is 9.13. The predicted molar refractivity (Wildman–Crippen MR) is 52.4 cm³/mol. The van der Waals surface area contributed by atoms with E-state index in [9.17, 15) is 0 Å². The molecule has 60 valence electrons. The molecule has 0 fully saturated rings. The van der Waals surface area contributed by atoms with E-state index in [1.807, 2.05) is 0 Å². The zero-order valence-corrected chi connectivity index (χ0v) is 9.99. The van der Waals surface area contributed by atoms with Gasteiger partial charge in [0.25, 0.3) is 0 Å². The van der Waals surface area contributed by atoms with Gasteiger partial charge in [0.2, 0.25) is 0 Å². The number of rotatable bonds is 3. The van der Waals surface area contributed by atoms with Crippen LogP contribution < -0.4 is 0 Å². The van der Waals surface area contributed by atoms with Crippen molar-refractivity contribution in [1.29, 1.82) is 0 Å². The monoisotopic (exact) mass is 156 g/mol. The Morgan fingerprint density at radius 3 is 2.20 bits per heavy atom. The van der Waals surface area contributed by atoms with Gasteiger partial charge in [-0.2, -0.15) is 0 Å². The van der Waals surface area contributed by atoms with Crippen LogP contribution in [0.5, 0.6) is 0 Å². The highest BCUT2D eigenvalue weighted by Crippen LogP contribution is 2.17. The number of allylic oxidation sites excluding steroid dienone is 2. The topological polar surface area (TPSA) is 0 Å². The van der Waals surface area contributed by atoms with Gasteiger partial charge in [0, 0.05) is 10.2 Å². The molecule has 0 aromatic rings. The van der Waals surface area contributed by atoms with Crippen LogP contribution >= 0.6 is 0 Å². The van der Waals surface area contributed by atoms with Gasteiger partial charge in [-0.1, -0.05) is 31.0 Å². The molecule has 0 amide bonds. The summed E-state index contributed by atoms with van der Waals surface area (Å²) in [4.78, 5) is 0. The molecule has 0 bridgehead atoms. The van der Waals surface area contributed by atoms with Crippen LogP contribution in [0, 0.1) is 5.92 Å². The lowest BCUT2D eigenvalue weighted by atomic mass is 9.98. The average Bonchev–Trinajstić information content (AvgIpc) is 1.87. The van der Waals surface area contributed by atoms with Crippen LogP contribution in [0.3, 0.4) is 0 Å². The molecule has 0 aromatic carbocycles. The first-order chi connectivity index (χ1) is 4.59. The van der Waals surface area contributed by atoms with Crippen molar-refractivity contribution < 1.29 is 0 Å². The van der Waals surface area contributed by atoms with E-state index in [1.54, 1.807) is 10.8 Å². The molecule has 0 nitrogen and oxygen atoms in total. The van der Waals surface area contributed by atoms with Crippen molar-refractivity contribution in [2.45, 2.75) is 40.5 Å². The molecule has 0 rings (SSSR count). The van der Waals surface area contributed by atoms with Crippen molar-refractivity contribution in [3.8, 4) is 0 Å². The van der Waals surface area contributed by atoms with Gasteiger partial charge in [-0.25, -0.2) is 0 Å². The fourth-order valence-corrected chi connectivity index (χ4v) is 1.64. The first-order valence-electron chi connectivity index (χ1n) is 4.23. The second-order valence-corrected chi connectivity index (χ2v) is 4.87. The second kappa shape index (κ2) is 4.72. The van der Waals surface area contributed by atoms with E-state index in [2.05, 4.69) is 27.7 Å². The molecule has 0 aromatic heterocycles. The summed E-state index contributed by atoms with van der Waals surface area (Å²) in [5.74, 6) is 0.822. The van der Waals surface area contributed by atoms with E-state index in [0.29, 0.717) is 0 Å².